The lowest BCUT2D eigenvalue weighted by molar-refractivity contribution is 0.253. The van der Waals surface area contributed by atoms with Crippen molar-refractivity contribution in [3.8, 4) is 11.8 Å². The van der Waals surface area contributed by atoms with Gasteiger partial charge in [0.15, 0.2) is 0 Å². The van der Waals surface area contributed by atoms with Crippen molar-refractivity contribution in [2.24, 2.45) is 0 Å². The van der Waals surface area contributed by atoms with Gasteiger partial charge in [0, 0.05) is 0 Å². The average molecular weight is 162 g/mol. The minimum atomic E-state index is -0.617. The fraction of sp³-hybridized carbons (Fsp3) is 0.333. The molecule has 0 saturated heterocycles. The van der Waals surface area contributed by atoms with Gasteiger partial charge in [-0.2, -0.15) is 5.10 Å². The molecule has 0 radical (unpaired) electrons. The summed E-state index contributed by atoms with van der Waals surface area (Å²) >= 11 is 0. The molecule has 0 fully saturated rings. The molecular formula is C9H10N2O. The number of hydrogen-bond donors (Lipinski definition) is 1. The maximum atomic E-state index is 8.85. The first-order valence-electron chi connectivity index (χ1n) is 3.68. The quantitative estimate of drug-likeness (QED) is 0.565. The molecule has 0 amide bonds. The highest BCUT2D eigenvalue weighted by molar-refractivity contribution is 5.27. The van der Waals surface area contributed by atoms with E-state index in [9.17, 15) is 0 Å². The lowest BCUT2D eigenvalue weighted by Gasteiger charge is -1.90. The second kappa shape index (κ2) is 3.84. The van der Waals surface area contributed by atoms with Gasteiger partial charge in [0.05, 0.1) is 5.69 Å². The molecule has 1 atom stereocenters. The summed E-state index contributed by atoms with van der Waals surface area (Å²) in [6.07, 6.45) is -0.617. The zero-order chi connectivity index (χ0) is 8.97. The monoisotopic (exact) mass is 162 g/mol. The van der Waals surface area contributed by atoms with Gasteiger partial charge in [0.2, 0.25) is 0 Å². The van der Waals surface area contributed by atoms with Gasteiger partial charge in [-0.1, -0.05) is 5.92 Å². The minimum absolute atomic E-state index is 0.585. The van der Waals surface area contributed by atoms with Gasteiger partial charge in [-0.15, -0.1) is 5.10 Å². The number of hydrogen-bond acceptors (Lipinski definition) is 3. The maximum Gasteiger partial charge on any atom is 0.136 e. The molecule has 1 aromatic rings. The number of aliphatic hydroxyl groups is 1. The van der Waals surface area contributed by atoms with Crippen LogP contribution in [-0.2, 0) is 0 Å². The first kappa shape index (κ1) is 8.69. The van der Waals surface area contributed by atoms with E-state index in [1.807, 2.05) is 13.0 Å². The predicted molar refractivity (Wildman–Crippen MR) is 45.3 cm³/mol. The van der Waals surface area contributed by atoms with Crippen LogP contribution in [0.2, 0.25) is 0 Å². The van der Waals surface area contributed by atoms with E-state index in [4.69, 9.17) is 5.11 Å². The van der Waals surface area contributed by atoms with Crippen molar-refractivity contribution in [2.75, 3.05) is 0 Å². The normalized spacial score (nSPS) is 11.6. The molecule has 0 saturated carbocycles. The SMILES string of the molecule is Cc1ccc(C#C[C@@H](C)O)nn1. The van der Waals surface area contributed by atoms with Crippen molar-refractivity contribution in [1.82, 2.24) is 10.2 Å². The van der Waals surface area contributed by atoms with E-state index in [1.165, 1.54) is 0 Å². The van der Waals surface area contributed by atoms with E-state index in [0.717, 1.165) is 5.69 Å². The Bertz CT molecular complexity index is 306. The smallest absolute Gasteiger partial charge is 0.136 e. The number of aryl methyl sites for hydroxylation is 1. The van der Waals surface area contributed by atoms with Gasteiger partial charge < -0.3 is 5.11 Å². The highest BCUT2D eigenvalue weighted by Crippen LogP contribution is 1.92. The largest absolute Gasteiger partial charge is 0.381 e. The van der Waals surface area contributed by atoms with E-state index in [0.29, 0.717) is 5.69 Å². The molecular weight excluding hydrogens is 152 g/mol. The Labute approximate surface area is 71.5 Å². The lowest BCUT2D eigenvalue weighted by Crippen LogP contribution is -1.94. The molecule has 0 unspecified atom stereocenters. The Morgan fingerprint density at radius 2 is 2.17 bits per heavy atom. The predicted octanol–water partition coefficient (Wildman–Crippen LogP) is 0.517. The molecule has 1 aromatic heterocycles. The molecule has 0 aromatic carbocycles. The molecule has 0 aliphatic carbocycles. The third-order valence-corrected chi connectivity index (χ3v) is 1.21. The molecule has 0 spiro atoms. The summed E-state index contributed by atoms with van der Waals surface area (Å²) in [5.41, 5.74) is 1.44. The van der Waals surface area contributed by atoms with E-state index in [-0.39, 0.29) is 0 Å². The van der Waals surface area contributed by atoms with Crippen molar-refractivity contribution in [3.05, 3.63) is 23.5 Å². The van der Waals surface area contributed by atoms with Crippen LogP contribution in [0.4, 0.5) is 0 Å². The summed E-state index contributed by atoms with van der Waals surface area (Å²) in [6.45, 7) is 3.47. The van der Waals surface area contributed by atoms with Crippen LogP contribution in [0.15, 0.2) is 12.1 Å². The highest BCUT2D eigenvalue weighted by atomic mass is 16.3. The minimum Gasteiger partial charge on any atom is -0.381 e. The van der Waals surface area contributed by atoms with Crippen LogP contribution in [0.5, 0.6) is 0 Å². The summed E-state index contributed by atoms with van der Waals surface area (Å²) in [5, 5.41) is 16.5. The number of nitrogens with zero attached hydrogens (tertiary/aromatic N) is 2. The Hall–Kier alpha value is -1.40. The molecule has 0 aliphatic rings. The Morgan fingerprint density at radius 1 is 1.42 bits per heavy atom. The number of aliphatic hydroxyl groups excluding tert-OH is 1. The van der Waals surface area contributed by atoms with Crippen molar-refractivity contribution in [1.29, 1.82) is 0 Å². The van der Waals surface area contributed by atoms with Gasteiger partial charge in [0.25, 0.3) is 0 Å². The van der Waals surface area contributed by atoms with Crippen LogP contribution in [0.3, 0.4) is 0 Å². The van der Waals surface area contributed by atoms with Gasteiger partial charge >= 0.3 is 0 Å². The van der Waals surface area contributed by atoms with E-state index >= 15 is 0 Å². The van der Waals surface area contributed by atoms with Gasteiger partial charge in [-0.25, -0.2) is 0 Å². The second-order valence-electron chi connectivity index (χ2n) is 2.51. The topological polar surface area (TPSA) is 46.0 Å². The molecule has 1 N–H and O–H groups in total. The number of aromatic nitrogens is 2. The van der Waals surface area contributed by atoms with E-state index < -0.39 is 6.10 Å². The summed E-state index contributed by atoms with van der Waals surface area (Å²) in [4.78, 5) is 0. The fourth-order valence-corrected chi connectivity index (χ4v) is 0.644. The van der Waals surface area contributed by atoms with Crippen LogP contribution in [0, 0.1) is 18.8 Å². The van der Waals surface area contributed by atoms with Gasteiger partial charge in [-0.05, 0) is 31.9 Å². The van der Waals surface area contributed by atoms with Crippen LogP contribution in [0.25, 0.3) is 0 Å². The van der Waals surface area contributed by atoms with Crippen molar-refractivity contribution in [2.45, 2.75) is 20.0 Å². The summed E-state index contributed by atoms with van der Waals surface area (Å²) in [5.74, 6) is 5.28. The lowest BCUT2D eigenvalue weighted by atomic mass is 10.3. The highest BCUT2D eigenvalue weighted by Gasteiger charge is 1.89. The van der Waals surface area contributed by atoms with Crippen molar-refractivity contribution < 1.29 is 5.11 Å². The maximum absolute atomic E-state index is 8.85. The standard InChI is InChI=1S/C9H10N2O/c1-7-3-5-9(11-10-7)6-4-8(2)12/h3,5,8,12H,1-2H3/t8-/m1/s1. The summed E-state index contributed by atoms with van der Waals surface area (Å²) in [6, 6.07) is 3.61. The van der Waals surface area contributed by atoms with Crippen molar-refractivity contribution in [3.63, 3.8) is 0 Å². The zero-order valence-electron chi connectivity index (χ0n) is 7.07. The zero-order valence-corrected chi connectivity index (χ0v) is 7.07. The first-order chi connectivity index (χ1) is 5.68. The molecule has 3 heteroatoms. The average Bonchev–Trinajstić information content (AvgIpc) is 2.03. The van der Waals surface area contributed by atoms with Gasteiger partial charge in [-0.3, -0.25) is 0 Å². The molecule has 0 aliphatic heterocycles. The molecule has 62 valence electrons. The van der Waals surface area contributed by atoms with Crippen LogP contribution in [-0.4, -0.2) is 21.4 Å². The number of rotatable bonds is 0. The molecule has 1 heterocycles. The Kier molecular flexibility index (Phi) is 2.78. The van der Waals surface area contributed by atoms with Crippen LogP contribution < -0.4 is 0 Å². The molecule has 12 heavy (non-hydrogen) atoms. The third-order valence-electron chi connectivity index (χ3n) is 1.21. The Morgan fingerprint density at radius 3 is 2.67 bits per heavy atom. The molecule has 3 nitrogen and oxygen atoms in total. The van der Waals surface area contributed by atoms with E-state index in [1.54, 1.807) is 13.0 Å². The summed E-state index contributed by atoms with van der Waals surface area (Å²) in [7, 11) is 0. The third kappa shape index (κ3) is 2.69. The van der Waals surface area contributed by atoms with Gasteiger partial charge in [0.1, 0.15) is 11.8 Å². The molecule has 1 rings (SSSR count). The first-order valence-corrected chi connectivity index (χ1v) is 3.68. The Balaban J connectivity index is 2.79. The summed E-state index contributed by atoms with van der Waals surface area (Å²) < 4.78 is 0. The van der Waals surface area contributed by atoms with Crippen LogP contribution in [0.1, 0.15) is 18.3 Å². The molecule has 0 bridgehead atoms. The van der Waals surface area contributed by atoms with Crippen LogP contribution >= 0.6 is 0 Å². The van der Waals surface area contributed by atoms with E-state index in [2.05, 4.69) is 22.0 Å². The second-order valence-corrected chi connectivity index (χ2v) is 2.51. The van der Waals surface area contributed by atoms with Crippen molar-refractivity contribution >= 4 is 0 Å². The fourth-order valence-electron chi connectivity index (χ4n) is 0.644.